The van der Waals surface area contributed by atoms with Gasteiger partial charge in [0, 0.05) is 13.1 Å². The summed E-state index contributed by atoms with van der Waals surface area (Å²) in [6.45, 7) is 8.24. The van der Waals surface area contributed by atoms with Crippen LogP contribution in [0.15, 0.2) is 0 Å². The van der Waals surface area contributed by atoms with Crippen LogP contribution in [0, 0.1) is 0 Å². The van der Waals surface area contributed by atoms with E-state index in [-0.39, 0.29) is 5.97 Å². The van der Waals surface area contributed by atoms with Gasteiger partial charge in [0.2, 0.25) is 0 Å². The molecule has 0 radical (unpaired) electrons. The van der Waals surface area contributed by atoms with E-state index in [0.29, 0.717) is 19.8 Å². The topological polar surface area (TPSA) is 38.8 Å². The Bertz CT molecular complexity index is 166. The van der Waals surface area contributed by atoms with E-state index in [1.54, 1.807) is 6.92 Å². The Morgan fingerprint density at radius 2 is 2.29 bits per heavy atom. The molecule has 1 rings (SSSR count). The fraction of sp³-hybridized carbons (Fsp3) is 0.889. The molecular formula is C9H20NO3P. The van der Waals surface area contributed by atoms with Crippen molar-refractivity contribution in [2.24, 2.45) is 0 Å². The second kappa shape index (κ2) is 8.16. The smallest absolute Gasteiger partial charge is 0.336 e. The van der Waals surface area contributed by atoms with Crippen molar-refractivity contribution in [3.8, 4) is 0 Å². The highest BCUT2D eigenvalue weighted by molar-refractivity contribution is 7.13. The van der Waals surface area contributed by atoms with Gasteiger partial charge in [0.15, 0.2) is 6.10 Å². The molecule has 0 amide bonds. The first kappa shape index (κ1) is 13.8. The number of carbonyl (C=O) groups excluding carboxylic acids is 1. The summed E-state index contributed by atoms with van der Waals surface area (Å²) in [5, 5.41) is 0. The van der Waals surface area contributed by atoms with Gasteiger partial charge < -0.3 is 9.47 Å². The average molecular weight is 221 g/mol. The molecule has 2 atom stereocenters. The number of ether oxygens (including phenoxy) is 2. The van der Waals surface area contributed by atoms with E-state index in [0.717, 1.165) is 6.54 Å². The standard InChI is InChI=1S/C7H14NO3P.C2H6/c1-2-10-7(9)6-5-8(12)3-4-11-6;1-2/h6H,2-5,12H2,1H3;1-2H3. The summed E-state index contributed by atoms with van der Waals surface area (Å²) >= 11 is 0. The van der Waals surface area contributed by atoms with Crippen LogP contribution in [0.1, 0.15) is 20.8 Å². The number of esters is 1. The molecule has 84 valence electrons. The molecule has 5 heteroatoms. The van der Waals surface area contributed by atoms with Crippen LogP contribution in [0.4, 0.5) is 0 Å². The van der Waals surface area contributed by atoms with E-state index in [1.165, 1.54) is 0 Å². The number of hydrogen-bond donors (Lipinski definition) is 0. The van der Waals surface area contributed by atoms with Crippen molar-refractivity contribution in [1.82, 2.24) is 4.67 Å². The number of hydrogen-bond acceptors (Lipinski definition) is 4. The van der Waals surface area contributed by atoms with Crippen LogP contribution in [0.5, 0.6) is 0 Å². The number of nitrogens with zero attached hydrogens (tertiary/aromatic N) is 1. The molecule has 0 aliphatic carbocycles. The van der Waals surface area contributed by atoms with Crippen molar-refractivity contribution in [2.75, 3.05) is 26.3 Å². The van der Waals surface area contributed by atoms with Crippen molar-refractivity contribution in [3.05, 3.63) is 0 Å². The predicted molar refractivity (Wildman–Crippen MR) is 59.0 cm³/mol. The van der Waals surface area contributed by atoms with Gasteiger partial charge in [-0.1, -0.05) is 23.2 Å². The van der Waals surface area contributed by atoms with E-state index in [2.05, 4.69) is 9.39 Å². The molecule has 1 aliphatic rings. The highest BCUT2D eigenvalue weighted by atomic mass is 31.0. The van der Waals surface area contributed by atoms with Crippen LogP contribution >= 0.6 is 9.39 Å². The van der Waals surface area contributed by atoms with Crippen LogP contribution < -0.4 is 0 Å². The third kappa shape index (κ3) is 4.89. The lowest BCUT2D eigenvalue weighted by Crippen LogP contribution is -2.42. The molecule has 2 unspecified atom stereocenters. The zero-order chi connectivity index (χ0) is 11.0. The first-order valence-electron chi connectivity index (χ1n) is 5.02. The Hall–Kier alpha value is -0.180. The highest BCUT2D eigenvalue weighted by Gasteiger charge is 2.25. The third-order valence-electron chi connectivity index (χ3n) is 1.65. The van der Waals surface area contributed by atoms with Crippen LogP contribution in [0.3, 0.4) is 0 Å². The fourth-order valence-electron chi connectivity index (χ4n) is 1.05. The highest BCUT2D eigenvalue weighted by Crippen LogP contribution is 2.10. The maximum atomic E-state index is 11.2. The van der Waals surface area contributed by atoms with Crippen LogP contribution in [0.2, 0.25) is 0 Å². The fourth-order valence-corrected chi connectivity index (χ4v) is 1.34. The first-order chi connectivity index (χ1) is 6.74. The van der Waals surface area contributed by atoms with Gasteiger partial charge in [0.05, 0.1) is 13.2 Å². The number of morpholine rings is 1. The van der Waals surface area contributed by atoms with Crippen LogP contribution in [-0.4, -0.2) is 43.0 Å². The molecule has 4 nitrogen and oxygen atoms in total. The zero-order valence-electron chi connectivity index (χ0n) is 9.16. The van der Waals surface area contributed by atoms with E-state index >= 15 is 0 Å². The van der Waals surface area contributed by atoms with E-state index < -0.39 is 6.10 Å². The summed E-state index contributed by atoms with van der Waals surface area (Å²) in [6, 6.07) is 0. The summed E-state index contributed by atoms with van der Waals surface area (Å²) in [7, 11) is 2.56. The molecule has 0 aromatic heterocycles. The van der Waals surface area contributed by atoms with Gasteiger partial charge in [-0.2, -0.15) is 0 Å². The second-order valence-electron chi connectivity index (χ2n) is 2.61. The van der Waals surface area contributed by atoms with Gasteiger partial charge in [0.1, 0.15) is 0 Å². The molecular weight excluding hydrogens is 201 g/mol. The van der Waals surface area contributed by atoms with Crippen molar-refractivity contribution < 1.29 is 14.3 Å². The minimum absolute atomic E-state index is 0.260. The van der Waals surface area contributed by atoms with Gasteiger partial charge in [0.25, 0.3) is 0 Å². The lowest BCUT2D eigenvalue weighted by molar-refractivity contribution is -0.160. The molecule has 0 aromatic carbocycles. The molecule has 0 N–H and O–H groups in total. The van der Waals surface area contributed by atoms with Crippen LogP contribution in [0.25, 0.3) is 0 Å². The molecule has 0 saturated carbocycles. The van der Waals surface area contributed by atoms with Crippen molar-refractivity contribution in [1.29, 1.82) is 0 Å². The molecule has 0 aromatic rings. The summed E-state index contributed by atoms with van der Waals surface area (Å²) in [4.78, 5) is 11.2. The van der Waals surface area contributed by atoms with Gasteiger partial charge in [-0.05, 0) is 6.92 Å². The third-order valence-corrected chi connectivity index (χ3v) is 2.12. The maximum Gasteiger partial charge on any atom is 0.336 e. The monoisotopic (exact) mass is 221 g/mol. The van der Waals surface area contributed by atoms with Gasteiger partial charge >= 0.3 is 5.97 Å². The normalized spacial score (nSPS) is 22.1. The molecule has 1 heterocycles. The Morgan fingerprint density at radius 3 is 2.79 bits per heavy atom. The number of carbonyl (C=O) groups is 1. The van der Waals surface area contributed by atoms with E-state index in [1.807, 2.05) is 18.5 Å². The molecule has 1 fully saturated rings. The Kier molecular flexibility index (Phi) is 8.05. The lowest BCUT2D eigenvalue weighted by atomic mass is 10.3. The van der Waals surface area contributed by atoms with Crippen LogP contribution in [-0.2, 0) is 14.3 Å². The van der Waals surface area contributed by atoms with Crippen molar-refractivity contribution >= 4 is 15.4 Å². The zero-order valence-corrected chi connectivity index (χ0v) is 10.3. The lowest BCUT2D eigenvalue weighted by Gasteiger charge is -2.27. The Balaban J connectivity index is 0.000000791. The van der Waals surface area contributed by atoms with Crippen molar-refractivity contribution in [3.63, 3.8) is 0 Å². The minimum atomic E-state index is -0.406. The summed E-state index contributed by atoms with van der Waals surface area (Å²) in [5.41, 5.74) is 0. The summed E-state index contributed by atoms with van der Waals surface area (Å²) < 4.78 is 12.0. The van der Waals surface area contributed by atoms with Gasteiger partial charge in [-0.3, -0.25) is 4.67 Å². The van der Waals surface area contributed by atoms with Gasteiger partial charge in [-0.25, -0.2) is 4.79 Å². The van der Waals surface area contributed by atoms with E-state index in [4.69, 9.17) is 9.47 Å². The van der Waals surface area contributed by atoms with Gasteiger partial charge in [-0.15, -0.1) is 0 Å². The Morgan fingerprint density at radius 1 is 1.64 bits per heavy atom. The number of rotatable bonds is 2. The molecule has 14 heavy (non-hydrogen) atoms. The largest absolute Gasteiger partial charge is 0.464 e. The molecule has 1 saturated heterocycles. The van der Waals surface area contributed by atoms with Crippen molar-refractivity contribution in [2.45, 2.75) is 26.9 Å². The second-order valence-corrected chi connectivity index (χ2v) is 3.34. The van der Waals surface area contributed by atoms with E-state index in [9.17, 15) is 4.79 Å². The minimum Gasteiger partial charge on any atom is -0.464 e. The predicted octanol–water partition coefficient (Wildman–Crippen LogP) is 1.07. The quantitative estimate of drug-likeness (QED) is 0.516. The summed E-state index contributed by atoms with van der Waals surface area (Å²) in [6.07, 6.45) is -0.406. The average Bonchev–Trinajstić information content (AvgIpc) is 2.21. The molecule has 0 bridgehead atoms. The molecule has 1 aliphatic heterocycles. The summed E-state index contributed by atoms with van der Waals surface area (Å²) in [5.74, 6) is -0.260. The SMILES string of the molecule is CC.CCOC(=O)C1CN(P)CCO1. The first-order valence-corrected chi connectivity index (χ1v) is 5.53. The maximum absolute atomic E-state index is 11.2. The Labute approximate surface area is 88.2 Å². The molecule has 0 spiro atoms.